The lowest BCUT2D eigenvalue weighted by Crippen LogP contribution is -2.16. The topological polar surface area (TPSA) is 55.6 Å². The summed E-state index contributed by atoms with van der Waals surface area (Å²) in [6, 6.07) is 10.1. The molecule has 1 N–H and O–H groups in total. The van der Waals surface area contributed by atoms with E-state index in [4.69, 9.17) is 4.74 Å². The summed E-state index contributed by atoms with van der Waals surface area (Å²) in [5.74, 6) is 0.108. The van der Waals surface area contributed by atoms with Gasteiger partial charge in [-0.3, -0.25) is 4.79 Å². The molecule has 108 valence electrons. The Morgan fingerprint density at radius 2 is 2.10 bits per heavy atom. The summed E-state index contributed by atoms with van der Waals surface area (Å²) in [6.45, 7) is 3.81. The van der Waals surface area contributed by atoms with E-state index in [1.165, 1.54) is 0 Å². The van der Waals surface area contributed by atoms with Crippen LogP contribution in [0.4, 0.5) is 0 Å². The lowest BCUT2D eigenvalue weighted by atomic mass is 10.2. The molecule has 0 spiro atoms. The molecule has 0 radical (unpaired) electrons. The number of hydrazone groups is 1. The number of carbonyl (C=O) groups is 1. The van der Waals surface area contributed by atoms with Gasteiger partial charge in [0.2, 0.25) is 5.90 Å². The van der Waals surface area contributed by atoms with Gasteiger partial charge in [-0.25, -0.2) is 5.43 Å². The summed E-state index contributed by atoms with van der Waals surface area (Å²) in [7, 11) is 1.97. The number of benzene rings is 1. The van der Waals surface area contributed by atoms with Gasteiger partial charge in [-0.2, -0.15) is 0 Å². The molecule has 0 bridgehead atoms. The number of ether oxygens (including phenoxy) is 1. The highest BCUT2D eigenvalue weighted by Gasteiger charge is 2.25. The predicted octanol–water partition coefficient (Wildman–Crippen LogP) is 2.43. The fourth-order valence-corrected chi connectivity index (χ4v) is 2.36. The van der Waals surface area contributed by atoms with E-state index in [9.17, 15) is 4.79 Å². The van der Waals surface area contributed by atoms with Crippen LogP contribution in [0.5, 0.6) is 0 Å². The summed E-state index contributed by atoms with van der Waals surface area (Å²) in [6.07, 6.45) is 1.77. The minimum absolute atomic E-state index is 0.0349. The van der Waals surface area contributed by atoms with Gasteiger partial charge in [0, 0.05) is 23.6 Å². The summed E-state index contributed by atoms with van der Waals surface area (Å²) in [4.78, 5) is 11.9. The SMILES string of the molecule is CC(C)OC1=NNC(=O)C1=Cc1cc2ccccc2n1C. The fourth-order valence-electron chi connectivity index (χ4n) is 2.36. The largest absolute Gasteiger partial charge is 0.473 e. The van der Waals surface area contributed by atoms with Gasteiger partial charge >= 0.3 is 0 Å². The van der Waals surface area contributed by atoms with Crippen LogP contribution in [0.25, 0.3) is 17.0 Å². The first-order chi connectivity index (χ1) is 10.1. The Bertz CT molecular complexity index is 769. The zero-order chi connectivity index (χ0) is 15.0. The first-order valence-electron chi connectivity index (χ1n) is 6.87. The molecule has 1 aliphatic heterocycles. The van der Waals surface area contributed by atoms with Gasteiger partial charge in [-0.15, -0.1) is 5.10 Å². The Morgan fingerprint density at radius 3 is 2.81 bits per heavy atom. The maximum Gasteiger partial charge on any atom is 0.277 e. The summed E-state index contributed by atoms with van der Waals surface area (Å²) in [5, 5.41) is 5.07. The molecule has 0 aliphatic carbocycles. The van der Waals surface area contributed by atoms with Crippen molar-refractivity contribution in [3.63, 3.8) is 0 Å². The molecule has 5 nitrogen and oxygen atoms in total. The first-order valence-corrected chi connectivity index (χ1v) is 6.87. The van der Waals surface area contributed by atoms with E-state index in [0.29, 0.717) is 11.5 Å². The molecule has 0 saturated carbocycles. The summed E-state index contributed by atoms with van der Waals surface area (Å²) < 4.78 is 7.61. The molecule has 3 rings (SSSR count). The van der Waals surface area contributed by atoms with Gasteiger partial charge in [-0.1, -0.05) is 18.2 Å². The third-order valence-corrected chi connectivity index (χ3v) is 3.36. The van der Waals surface area contributed by atoms with Gasteiger partial charge in [0.15, 0.2) is 0 Å². The number of nitrogens with zero attached hydrogens (tertiary/aromatic N) is 2. The van der Waals surface area contributed by atoms with Crippen LogP contribution in [0.3, 0.4) is 0 Å². The standard InChI is InChI=1S/C16H17N3O2/c1-10(2)21-16-13(15(20)17-18-16)9-12-8-11-6-4-5-7-14(11)19(12)3/h4-10H,1-3H3,(H,17,20). The monoisotopic (exact) mass is 283 g/mol. The number of hydrogen-bond acceptors (Lipinski definition) is 3. The third-order valence-electron chi connectivity index (χ3n) is 3.36. The average Bonchev–Trinajstić information content (AvgIpc) is 2.94. The predicted molar refractivity (Wildman–Crippen MR) is 82.7 cm³/mol. The van der Waals surface area contributed by atoms with Crippen molar-refractivity contribution in [3.05, 3.63) is 41.6 Å². The normalized spacial score (nSPS) is 16.7. The van der Waals surface area contributed by atoms with Crippen molar-refractivity contribution < 1.29 is 9.53 Å². The van der Waals surface area contributed by atoms with Crippen LogP contribution in [0, 0.1) is 0 Å². The van der Waals surface area contributed by atoms with Gasteiger partial charge in [0.25, 0.3) is 5.91 Å². The summed E-state index contributed by atoms with van der Waals surface area (Å²) >= 11 is 0. The van der Waals surface area contributed by atoms with Gasteiger partial charge in [0.05, 0.1) is 6.10 Å². The Balaban J connectivity index is 2.04. The van der Waals surface area contributed by atoms with Crippen LogP contribution in [0.1, 0.15) is 19.5 Å². The number of amides is 1. The molecular formula is C16H17N3O2. The maximum atomic E-state index is 11.9. The molecule has 2 aromatic rings. The van der Waals surface area contributed by atoms with Gasteiger partial charge in [0.1, 0.15) is 5.57 Å². The van der Waals surface area contributed by atoms with Gasteiger partial charge in [-0.05, 0) is 32.1 Å². The Morgan fingerprint density at radius 1 is 1.33 bits per heavy atom. The second kappa shape index (κ2) is 5.09. The number of carbonyl (C=O) groups excluding carboxylic acids is 1. The second-order valence-corrected chi connectivity index (χ2v) is 5.27. The van der Waals surface area contributed by atoms with E-state index in [0.717, 1.165) is 16.6 Å². The highest BCUT2D eigenvalue weighted by molar-refractivity contribution is 6.24. The third kappa shape index (κ3) is 2.42. The Kier molecular flexibility index (Phi) is 3.25. The van der Waals surface area contributed by atoms with Crippen molar-refractivity contribution in [2.75, 3.05) is 0 Å². The van der Waals surface area contributed by atoms with Crippen molar-refractivity contribution in [1.82, 2.24) is 9.99 Å². The minimum atomic E-state index is -0.240. The Hall–Kier alpha value is -2.56. The van der Waals surface area contributed by atoms with E-state index in [1.807, 2.05) is 61.9 Å². The maximum absolute atomic E-state index is 11.9. The average molecular weight is 283 g/mol. The van der Waals surface area contributed by atoms with E-state index in [2.05, 4.69) is 10.5 Å². The number of fused-ring (bicyclic) bond motifs is 1. The van der Waals surface area contributed by atoms with Crippen LogP contribution >= 0.6 is 0 Å². The van der Waals surface area contributed by atoms with E-state index in [-0.39, 0.29) is 12.0 Å². The molecule has 2 heterocycles. The minimum Gasteiger partial charge on any atom is -0.473 e. The lowest BCUT2D eigenvalue weighted by molar-refractivity contribution is -0.116. The number of aromatic nitrogens is 1. The lowest BCUT2D eigenvalue weighted by Gasteiger charge is -2.08. The highest BCUT2D eigenvalue weighted by Crippen LogP contribution is 2.22. The molecular weight excluding hydrogens is 266 g/mol. The van der Waals surface area contributed by atoms with Crippen LogP contribution < -0.4 is 5.43 Å². The van der Waals surface area contributed by atoms with Crippen molar-refractivity contribution in [2.24, 2.45) is 12.1 Å². The molecule has 0 saturated heterocycles. The molecule has 0 fully saturated rings. The van der Waals surface area contributed by atoms with Crippen LogP contribution in [-0.2, 0) is 16.6 Å². The molecule has 1 aromatic heterocycles. The number of aryl methyl sites for hydroxylation is 1. The number of rotatable bonds is 2. The summed E-state index contributed by atoms with van der Waals surface area (Å²) in [5.41, 5.74) is 4.95. The van der Waals surface area contributed by atoms with Gasteiger partial charge < -0.3 is 9.30 Å². The molecule has 0 unspecified atom stereocenters. The molecule has 5 heteroatoms. The number of nitrogens with one attached hydrogen (secondary N) is 1. The zero-order valence-electron chi connectivity index (χ0n) is 12.3. The van der Waals surface area contributed by atoms with Crippen molar-refractivity contribution in [2.45, 2.75) is 20.0 Å². The molecule has 0 atom stereocenters. The van der Waals surface area contributed by atoms with E-state index in [1.54, 1.807) is 0 Å². The smallest absolute Gasteiger partial charge is 0.277 e. The van der Waals surface area contributed by atoms with E-state index < -0.39 is 0 Å². The van der Waals surface area contributed by atoms with Crippen molar-refractivity contribution >= 4 is 28.8 Å². The Labute approximate surface area is 122 Å². The van der Waals surface area contributed by atoms with Crippen molar-refractivity contribution in [1.29, 1.82) is 0 Å². The molecule has 1 aliphatic rings. The van der Waals surface area contributed by atoms with E-state index >= 15 is 0 Å². The van der Waals surface area contributed by atoms with Crippen LogP contribution in [-0.4, -0.2) is 22.5 Å². The number of para-hydroxylation sites is 1. The first kappa shape index (κ1) is 13.4. The van der Waals surface area contributed by atoms with Crippen LogP contribution in [0.15, 0.2) is 41.0 Å². The van der Waals surface area contributed by atoms with Crippen molar-refractivity contribution in [3.8, 4) is 0 Å². The highest BCUT2D eigenvalue weighted by atomic mass is 16.5. The quantitative estimate of drug-likeness (QED) is 0.861. The second-order valence-electron chi connectivity index (χ2n) is 5.27. The fraction of sp³-hybridized carbons (Fsp3) is 0.250. The molecule has 1 aromatic carbocycles. The van der Waals surface area contributed by atoms with Crippen LogP contribution in [0.2, 0.25) is 0 Å². The zero-order valence-corrected chi connectivity index (χ0v) is 12.3. The molecule has 1 amide bonds. The molecule has 21 heavy (non-hydrogen) atoms. The number of hydrogen-bond donors (Lipinski definition) is 1.